The molecule has 1 aliphatic carbocycles. The number of ketones is 1. The van der Waals surface area contributed by atoms with E-state index >= 15 is 0 Å². The molecular formula is C29H23ClF2N2O2. The fourth-order valence-electron chi connectivity index (χ4n) is 5.10. The second-order valence-electron chi connectivity index (χ2n) is 9.06. The highest BCUT2D eigenvalue weighted by Gasteiger charge is 2.41. The van der Waals surface area contributed by atoms with Gasteiger partial charge in [-0.3, -0.25) is 9.59 Å². The number of halogens is 3. The standard InChI is InChI=1S/C29H23ClF2N2O2/c1-16-26(29(36)34-23-11-10-21(31)15-22(23)32)27(18-8-5-9-20(30)12-18)28-24(33-16)13-19(14-25(28)35)17-6-3-2-4-7-17/h2-12,15,19,27,33H,13-14H2,1H3,(H,34,36)/t19-,27+/m1/s1. The predicted molar refractivity (Wildman–Crippen MR) is 135 cm³/mol. The summed E-state index contributed by atoms with van der Waals surface area (Å²) in [4.78, 5) is 27.1. The number of dihydropyridines is 1. The Bertz CT molecular complexity index is 1430. The summed E-state index contributed by atoms with van der Waals surface area (Å²) in [7, 11) is 0. The molecule has 2 atom stereocenters. The summed E-state index contributed by atoms with van der Waals surface area (Å²) in [5, 5.41) is 6.32. The maximum Gasteiger partial charge on any atom is 0.254 e. The number of carbonyl (C=O) groups is 2. The molecule has 0 spiro atoms. The zero-order valence-corrected chi connectivity index (χ0v) is 20.2. The van der Waals surface area contributed by atoms with E-state index in [-0.39, 0.29) is 23.0 Å². The molecular weight excluding hydrogens is 482 g/mol. The van der Waals surface area contributed by atoms with Crippen LogP contribution in [0.3, 0.4) is 0 Å². The van der Waals surface area contributed by atoms with Gasteiger partial charge in [0.1, 0.15) is 11.6 Å². The SMILES string of the molecule is CC1=C(C(=O)Nc2ccc(F)cc2F)[C@H](c2cccc(Cl)c2)C2=C(C[C@@H](c3ccccc3)CC2=O)N1. The van der Waals surface area contributed by atoms with Crippen LogP contribution in [0.4, 0.5) is 14.5 Å². The van der Waals surface area contributed by atoms with E-state index in [2.05, 4.69) is 10.6 Å². The van der Waals surface area contributed by atoms with E-state index in [0.29, 0.717) is 40.8 Å². The van der Waals surface area contributed by atoms with Gasteiger partial charge in [-0.15, -0.1) is 0 Å². The van der Waals surface area contributed by atoms with Crippen LogP contribution in [0.2, 0.25) is 5.02 Å². The number of hydrogen-bond donors (Lipinski definition) is 2. The first-order valence-electron chi connectivity index (χ1n) is 11.6. The number of anilines is 1. The average molecular weight is 505 g/mol. The van der Waals surface area contributed by atoms with Gasteiger partial charge in [0, 0.05) is 46.0 Å². The van der Waals surface area contributed by atoms with E-state index in [0.717, 1.165) is 17.3 Å². The Balaban J connectivity index is 1.57. The Kier molecular flexibility index (Phi) is 6.46. The third kappa shape index (κ3) is 4.56. The molecule has 5 rings (SSSR count). The summed E-state index contributed by atoms with van der Waals surface area (Å²) in [6, 6.07) is 19.9. The van der Waals surface area contributed by atoms with Crippen molar-refractivity contribution in [1.82, 2.24) is 5.32 Å². The Morgan fingerprint density at radius 1 is 0.972 bits per heavy atom. The van der Waals surface area contributed by atoms with Crippen molar-refractivity contribution in [1.29, 1.82) is 0 Å². The van der Waals surface area contributed by atoms with Gasteiger partial charge in [-0.2, -0.15) is 0 Å². The molecule has 1 amide bonds. The van der Waals surface area contributed by atoms with Crippen LogP contribution in [0.5, 0.6) is 0 Å². The van der Waals surface area contributed by atoms with E-state index in [1.807, 2.05) is 36.4 Å². The van der Waals surface area contributed by atoms with Gasteiger partial charge in [-0.25, -0.2) is 8.78 Å². The lowest BCUT2D eigenvalue weighted by Crippen LogP contribution is -2.37. The van der Waals surface area contributed by atoms with E-state index in [1.165, 1.54) is 6.07 Å². The number of rotatable bonds is 4. The second kappa shape index (κ2) is 9.70. The van der Waals surface area contributed by atoms with Gasteiger partial charge in [0.25, 0.3) is 5.91 Å². The molecule has 1 heterocycles. The van der Waals surface area contributed by atoms with Crippen molar-refractivity contribution in [2.45, 2.75) is 31.6 Å². The van der Waals surface area contributed by atoms with Crippen molar-refractivity contribution in [2.75, 3.05) is 5.32 Å². The van der Waals surface area contributed by atoms with E-state index < -0.39 is 23.5 Å². The summed E-state index contributed by atoms with van der Waals surface area (Å²) in [5.41, 5.74) is 3.74. The van der Waals surface area contributed by atoms with Gasteiger partial charge in [-0.05, 0) is 54.7 Å². The Morgan fingerprint density at radius 2 is 1.72 bits per heavy atom. The monoisotopic (exact) mass is 504 g/mol. The Hall–Kier alpha value is -3.77. The largest absolute Gasteiger partial charge is 0.362 e. The summed E-state index contributed by atoms with van der Waals surface area (Å²) in [5.74, 6) is -2.95. The molecule has 7 heteroatoms. The number of allylic oxidation sites excluding steroid dienone is 3. The van der Waals surface area contributed by atoms with E-state index in [4.69, 9.17) is 11.6 Å². The van der Waals surface area contributed by atoms with Crippen LogP contribution >= 0.6 is 11.6 Å². The maximum atomic E-state index is 14.3. The smallest absolute Gasteiger partial charge is 0.254 e. The first-order valence-corrected chi connectivity index (χ1v) is 12.0. The molecule has 2 aliphatic rings. The normalized spacial score (nSPS) is 19.6. The van der Waals surface area contributed by atoms with Crippen molar-refractivity contribution >= 4 is 29.0 Å². The summed E-state index contributed by atoms with van der Waals surface area (Å²) in [6.07, 6.45) is 0.920. The molecule has 0 fully saturated rings. The van der Waals surface area contributed by atoms with Crippen LogP contribution in [0.25, 0.3) is 0 Å². The van der Waals surface area contributed by atoms with Crippen molar-refractivity contribution in [3.8, 4) is 0 Å². The molecule has 0 radical (unpaired) electrons. The molecule has 3 aromatic carbocycles. The van der Waals surface area contributed by atoms with Gasteiger partial charge >= 0.3 is 0 Å². The molecule has 0 aromatic heterocycles. The first kappa shape index (κ1) is 23.9. The lowest BCUT2D eigenvalue weighted by molar-refractivity contribution is -0.116. The minimum absolute atomic E-state index is 0.0152. The summed E-state index contributed by atoms with van der Waals surface area (Å²) >= 11 is 6.29. The molecule has 0 saturated heterocycles. The fourth-order valence-corrected chi connectivity index (χ4v) is 5.30. The van der Waals surface area contributed by atoms with Gasteiger partial charge in [-0.1, -0.05) is 54.1 Å². The third-order valence-corrected chi connectivity index (χ3v) is 6.94. The number of carbonyl (C=O) groups excluding carboxylic acids is 2. The zero-order chi connectivity index (χ0) is 25.4. The van der Waals surface area contributed by atoms with E-state index in [9.17, 15) is 18.4 Å². The minimum atomic E-state index is -0.885. The topological polar surface area (TPSA) is 58.2 Å². The lowest BCUT2D eigenvalue weighted by Gasteiger charge is -2.37. The average Bonchev–Trinajstić information content (AvgIpc) is 2.85. The van der Waals surface area contributed by atoms with Crippen LogP contribution in [0, 0.1) is 11.6 Å². The third-order valence-electron chi connectivity index (χ3n) is 6.70. The summed E-state index contributed by atoms with van der Waals surface area (Å²) in [6.45, 7) is 1.76. The highest BCUT2D eigenvalue weighted by atomic mass is 35.5. The van der Waals surface area contributed by atoms with Crippen LogP contribution in [0.15, 0.2) is 95.3 Å². The number of benzene rings is 3. The summed E-state index contributed by atoms with van der Waals surface area (Å²) < 4.78 is 27.7. The number of Topliss-reactive ketones (excluding diaryl/α,β-unsaturated/α-hetero) is 1. The van der Waals surface area contributed by atoms with Crippen LogP contribution < -0.4 is 10.6 Å². The predicted octanol–water partition coefficient (Wildman–Crippen LogP) is 6.62. The van der Waals surface area contributed by atoms with Crippen LogP contribution in [-0.2, 0) is 9.59 Å². The van der Waals surface area contributed by atoms with Crippen molar-refractivity contribution in [2.24, 2.45) is 0 Å². The number of nitrogens with one attached hydrogen (secondary N) is 2. The number of hydrogen-bond acceptors (Lipinski definition) is 3. The highest BCUT2D eigenvalue weighted by Crippen LogP contribution is 2.46. The van der Waals surface area contributed by atoms with Gasteiger partial charge in [0.2, 0.25) is 0 Å². The maximum absolute atomic E-state index is 14.3. The molecule has 0 unspecified atom stereocenters. The minimum Gasteiger partial charge on any atom is -0.362 e. The second-order valence-corrected chi connectivity index (χ2v) is 9.50. The zero-order valence-electron chi connectivity index (χ0n) is 19.4. The molecule has 0 bridgehead atoms. The lowest BCUT2D eigenvalue weighted by atomic mass is 9.71. The van der Waals surface area contributed by atoms with E-state index in [1.54, 1.807) is 25.1 Å². The van der Waals surface area contributed by atoms with Crippen LogP contribution in [-0.4, -0.2) is 11.7 Å². The van der Waals surface area contributed by atoms with Gasteiger partial charge in [0.15, 0.2) is 5.78 Å². The molecule has 0 saturated carbocycles. The number of amides is 1. The quantitative estimate of drug-likeness (QED) is 0.420. The highest BCUT2D eigenvalue weighted by molar-refractivity contribution is 6.30. The van der Waals surface area contributed by atoms with Gasteiger partial charge in [0.05, 0.1) is 5.69 Å². The Labute approximate surface area is 212 Å². The molecule has 1 aliphatic heterocycles. The van der Waals surface area contributed by atoms with Crippen LogP contribution in [0.1, 0.15) is 42.7 Å². The molecule has 182 valence electrons. The van der Waals surface area contributed by atoms with Crippen molar-refractivity contribution in [3.63, 3.8) is 0 Å². The molecule has 36 heavy (non-hydrogen) atoms. The van der Waals surface area contributed by atoms with Gasteiger partial charge < -0.3 is 10.6 Å². The van der Waals surface area contributed by atoms with Crippen molar-refractivity contribution in [3.05, 3.63) is 123 Å². The molecule has 4 nitrogen and oxygen atoms in total. The fraction of sp³-hybridized carbons (Fsp3) is 0.172. The Morgan fingerprint density at radius 3 is 2.44 bits per heavy atom. The molecule has 3 aromatic rings. The molecule has 2 N–H and O–H groups in total. The first-order chi connectivity index (χ1) is 17.3. The van der Waals surface area contributed by atoms with Crippen molar-refractivity contribution < 1.29 is 18.4 Å².